The van der Waals surface area contributed by atoms with Gasteiger partial charge in [0, 0.05) is 16.8 Å². The molecule has 1 N–H and O–H groups in total. The number of aromatic nitrogens is 3. The van der Waals surface area contributed by atoms with Crippen LogP contribution in [0.15, 0.2) is 57.8 Å². The lowest BCUT2D eigenvalue weighted by atomic mass is 10.1. The molecule has 2 aromatic heterocycles. The highest BCUT2D eigenvalue weighted by atomic mass is 35.5. The van der Waals surface area contributed by atoms with Crippen molar-refractivity contribution >= 4 is 31.3 Å². The zero-order chi connectivity index (χ0) is 29.4. The third kappa shape index (κ3) is 5.73. The fourth-order valence-corrected chi connectivity index (χ4v) is 6.79. The second-order valence-electron chi connectivity index (χ2n) is 9.11. The standard InChI is InChI=1S/C26H28ClN3O8S2/c1-15-9-12-21(38-15)26-29-28-23(30(26)24-19(36-3)7-6-8-20(24)37-4)14-40(34,35)16(2)25(31)18-11-10-17(27)13-22(18)39(5,32)33/h6-13,16,25,31H,14H2,1-5H3/t16-,25+/m1/s1. The number of benzene rings is 2. The number of nitrogens with zero attached hydrogens (tertiary/aromatic N) is 3. The molecule has 0 aliphatic rings. The molecule has 0 aliphatic carbocycles. The summed E-state index contributed by atoms with van der Waals surface area (Å²) in [6.07, 6.45) is -0.731. The van der Waals surface area contributed by atoms with Gasteiger partial charge >= 0.3 is 0 Å². The maximum Gasteiger partial charge on any atom is 0.204 e. The van der Waals surface area contributed by atoms with Gasteiger partial charge in [-0.3, -0.25) is 4.57 Å². The number of para-hydroxylation sites is 1. The van der Waals surface area contributed by atoms with Gasteiger partial charge in [0.1, 0.15) is 28.7 Å². The second kappa shape index (κ2) is 11.2. The molecular formula is C26H28ClN3O8S2. The number of sulfone groups is 2. The molecule has 0 spiro atoms. The highest BCUT2D eigenvalue weighted by molar-refractivity contribution is 7.91. The van der Waals surface area contributed by atoms with E-state index in [2.05, 4.69) is 10.2 Å². The van der Waals surface area contributed by atoms with Crippen LogP contribution in [0, 0.1) is 6.92 Å². The molecule has 0 saturated carbocycles. The average molecular weight is 610 g/mol. The van der Waals surface area contributed by atoms with Crippen LogP contribution in [0.3, 0.4) is 0 Å². The maximum atomic E-state index is 13.7. The number of methoxy groups -OCH3 is 2. The summed E-state index contributed by atoms with van der Waals surface area (Å²) >= 11 is 5.97. The minimum absolute atomic E-state index is 0.00894. The molecule has 214 valence electrons. The third-order valence-corrected chi connectivity index (χ3v) is 9.79. The van der Waals surface area contributed by atoms with E-state index in [4.69, 9.17) is 25.5 Å². The van der Waals surface area contributed by atoms with Gasteiger partial charge in [-0.1, -0.05) is 23.7 Å². The van der Waals surface area contributed by atoms with Crippen molar-refractivity contribution in [2.45, 2.75) is 35.8 Å². The van der Waals surface area contributed by atoms with Crippen molar-refractivity contribution < 1.29 is 35.8 Å². The van der Waals surface area contributed by atoms with Gasteiger partial charge in [0.2, 0.25) is 5.82 Å². The normalized spacial score (nSPS) is 13.7. The third-order valence-electron chi connectivity index (χ3n) is 6.35. The van der Waals surface area contributed by atoms with E-state index >= 15 is 0 Å². The molecular weight excluding hydrogens is 582 g/mol. The van der Waals surface area contributed by atoms with Crippen molar-refractivity contribution in [1.82, 2.24) is 14.8 Å². The Kier molecular flexibility index (Phi) is 8.31. The molecule has 0 unspecified atom stereocenters. The summed E-state index contributed by atoms with van der Waals surface area (Å²) in [6.45, 7) is 3.05. The Labute approximate surface area is 237 Å². The number of hydrogen-bond donors (Lipinski definition) is 1. The molecule has 0 saturated heterocycles. The zero-order valence-corrected chi connectivity index (χ0v) is 24.7. The number of ether oxygens (including phenoxy) is 2. The summed E-state index contributed by atoms with van der Waals surface area (Å²) in [5, 5.41) is 18.2. The summed E-state index contributed by atoms with van der Waals surface area (Å²) in [5.41, 5.74) is 0.264. The number of rotatable bonds is 10. The SMILES string of the molecule is COc1cccc(OC)c1-n1c(CS(=O)(=O)[C@H](C)[C@H](O)c2ccc(Cl)cc2S(C)(=O)=O)nnc1-c1ccc(C)o1. The van der Waals surface area contributed by atoms with E-state index in [1.807, 2.05) is 0 Å². The van der Waals surface area contributed by atoms with Crippen molar-refractivity contribution in [1.29, 1.82) is 0 Å². The number of aliphatic hydroxyl groups is 1. The first kappa shape index (κ1) is 29.6. The minimum atomic E-state index is -4.18. The summed E-state index contributed by atoms with van der Waals surface area (Å²) in [6, 6.07) is 12.3. The largest absolute Gasteiger partial charge is 0.494 e. The molecule has 2 atom stereocenters. The molecule has 0 bridgehead atoms. The van der Waals surface area contributed by atoms with Gasteiger partial charge in [0.05, 0.1) is 30.5 Å². The predicted molar refractivity (Wildman–Crippen MR) is 149 cm³/mol. The minimum Gasteiger partial charge on any atom is -0.494 e. The molecule has 11 nitrogen and oxygen atoms in total. The Bertz CT molecular complexity index is 1740. The second-order valence-corrected chi connectivity index (χ2v) is 13.9. The molecule has 0 aliphatic heterocycles. The van der Waals surface area contributed by atoms with Gasteiger partial charge in [-0.2, -0.15) is 0 Å². The Morgan fingerprint density at radius 2 is 1.68 bits per heavy atom. The van der Waals surface area contributed by atoms with Crippen LogP contribution in [-0.2, 0) is 25.4 Å². The molecule has 0 amide bonds. The first-order chi connectivity index (χ1) is 18.8. The lowest BCUT2D eigenvalue weighted by Gasteiger charge is -2.22. The summed E-state index contributed by atoms with van der Waals surface area (Å²) < 4.78 is 70.4. The first-order valence-corrected chi connectivity index (χ1v) is 15.9. The molecule has 14 heteroatoms. The van der Waals surface area contributed by atoms with Gasteiger partial charge in [0.25, 0.3) is 0 Å². The van der Waals surface area contributed by atoms with E-state index in [1.165, 1.54) is 43.9 Å². The van der Waals surface area contributed by atoms with Crippen LogP contribution in [0.5, 0.6) is 11.5 Å². The van der Waals surface area contributed by atoms with Crippen LogP contribution in [-0.4, -0.2) is 62.4 Å². The van der Waals surface area contributed by atoms with E-state index < -0.39 is 36.8 Å². The summed E-state index contributed by atoms with van der Waals surface area (Å²) in [4.78, 5) is -0.257. The van der Waals surface area contributed by atoms with Gasteiger partial charge in [-0.05, 0) is 50.2 Å². The molecule has 40 heavy (non-hydrogen) atoms. The van der Waals surface area contributed by atoms with Crippen molar-refractivity contribution in [3.63, 3.8) is 0 Å². The van der Waals surface area contributed by atoms with Gasteiger partial charge < -0.3 is 19.0 Å². The Balaban J connectivity index is 1.83. The smallest absolute Gasteiger partial charge is 0.204 e. The Hall–Kier alpha value is -3.39. The van der Waals surface area contributed by atoms with E-state index in [-0.39, 0.29) is 27.1 Å². The summed E-state index contributed by atoms with van der Waals surface area (Å²) in [5.74, 6) is 1.17. The quantitative estimate of drug-likeness (QED) is 0.280. The number of furan rings is 1. The van der Waals surface area contributed by atoms with Gasteiger partial charge in [0.15, 0.2) is 31.3 Å². The van der Waals surface area contributed by atoms with Crippen LogP contribution >= 0.6 is 11.6 Å². The van der Waals surface area contributed by atoms with Crippen molar-refractivity contribution in [2.24, 2.45) is 0 Å². The van der Waals surface area contributed by atoms with Crippen LogP contribution in [0.2, 0.25) is 5.02 Å². The number of aliphatic hydroxyl groups excluding tert-OH is 1. The number of aryl methyl sites for hydroxylation is 1. The summed E-state index contributed by atoms with van der Waals surface area (Å²) in [7, 11) is -5.09. The molecule has 2 heterocycles. The highest BCUT2D eigenvalue weighted by Gasteiger charge is 2.35. The monoisotopic (exact) mass is 609 g/mol. The van der Waals surface area contributed by atoms with E-state index in [0.29, 0.717) is 28.7 Å². The molecule has 4 aromatic rings. The van der Waals surface area contributed by atoms with E-state index in [1.54, 1.807) is 37.3 Å². The van der Waals surface area contributed by atoms with Gasteiger partial charge in [-0.25, -0.2) is 16.8 Å². The highest BCUT2D eigenvalue weighted by Crippen LogP contribution is 2.38. The van der Waals surface area contributed by atoms with Crippen molar-refractivity contribution in [2.75, 3.05) is 20.5 Å². The molecule has 2 aromatic carbocycles. The van der Waals surface area contributed by atoms with Crippen LogP contribution in [0.4, 0.5) is 0 Å². The fraction of sp³-hybridized carbons (Fsp3) is 0.308. The van der Waals surface area contributed by atoms with Gasteiger partial charge in [-0.15, -0.1) is 10.2 Å². The average Bonchev–Trinajstić information content (AvgIpc) is 3.51. The van der Waals surface area contributed by atoms with Crippen LogP contribution in [0.1, 0.15) is 30.2 Å². The lowest BCUT2D eigenvalue weighted by molar-refractivity contribution is 0.173. The molecule has 4 rings (SSSR count). The van der Waals surface area contributed by atoms with Crippen molar-refractivity contribution in [3.8, 4) is 28.8 Å². The first-order valence-electron chi connectivity index (χ1n) is 11.9. The predicted octanol–water partition coefficient (Wildman–Crippen LogP) is 3.95. The maximum absolute atomic E-state index is 13.7. The number of hydrogen-bond acceptors (Lipinski definition) is 10. The zero-order valence-electron chi connectivity index (χ0n) is 22.3. The van der Waals surface area contributed by atoms with Crippen molar-refractivity contribution in [3.05, 3.63) is 70.7 Å². The molecule has 0 radical (unpaired) electrons. The number of halogens is 1. The topological polar surface area (TPSA) is 151 Å². The lowest BCUT2D eigenvalue weighted by Crippen LogP contribution is -2.28. The Morgan fingerprint density at radius 1 is 1.02 bits per heavy atom. The fourth-order valence-electron chi connectivity index (χ4n) is 4.25. The van der Waals surface area contributed by atoms with E-state index in [9.17, 15) is 21.9 Å². The van der Waals surface area contributed by atoms with E-state index in [0.717, 1.165) is 6.26 Å². The Morgan fingerprint density at radius 3 is 2.23 bits per heavy atom. The van der Waals surface area contributed by atoms with Crippen LogP contribution in [0.25, 0.3) is 17.3 Å². The molecule has 0 fully saturated rings. The van der Waals surface area contributed by atoms with Crippen LogP contribution < -0.4 is 9.47 Å².